The summed E-state index contributed by atoms with van der Waals surface area (Å²) >= 11 is 0. The minimum Gasteiger partial charge on any atom is -0.384 e. The highest BCUT2D eigenvalue weighted by Gasteiger charge is 2.25. The molecular weight excluding hydrogens is 359 g/mol. The molecule has 1 saturated heterocycles. The van der Waals surface area contributed by atoms with Crippen molar-refractivity contribution in [2.45, 2.75) is 32.2 Å². The van der Waals surface area contributed by atoms with E-state index in [0.717, 1.165) is 12.8 Å². The highest BCUT2D eigenvalue weighted by Crippen LogP contribution is 2.22. The van der Waals surface area contributed by atoms with Gasteiger partial charge in [0, 0.05) is 31.6 Å². The zero-order valence-electron chi connectivity index (χ0n) is 15.7. The van der Waals surface area contributed by atoms with Crippen molar-refractivity contribution in [3.63, 3.8) is 0 Å². The molecule has 0 bridgehead atoms. The van der Waals surface area contributed by atoms with Crippen molar-refractivity contribution in [3.8, 4) is 0 Å². The molecule has 0 unspecified atom stereocenters. The minimum atomic E-state index is -0.320. The standard InChI is InChI=1S/C21H25FN4O2/c22-17-7-2-1-6-16(17)13-24-20(27)11-10-15-5-4-12-26(14-15)21(28)18-8-3-9-19(23)25-18/h1-3,6-9,15H,4-5,10-14H2,(H2,23,25)(H,24,27)/t15-/m0/s1. The number of nitrogens with two attached hydrogens (primary N) is 1. The summed E-state index contributed by atoms with van der Waals surface area (Å²) in [5, 5.41) is 2.76. The van der Waals surface area contributed by atoms with Gasteiger partial charge >= 0.3 is 0 Å². The van der Waals surface area contributed by atoms with Gasteiger partial charge in [0.05, 0.1) is 0 Å². The van der Waals surface area contributed by atoms with Gasteiger partial charge in [-0.2, -0.15) is 0 Å². The average molecular weight is 384 g/mol. The molecule has 2 aromatic rings. The number of amides is 2. The topological polar surface area (TPSA) is 88.3 Å². The number of benzene rings is 1. The zero-order valence-corrected chi connectivity index (χ0v) is 15.7. The van der Waals surface area contributed by atoms with E-state index < -0.39 is 0 Å². The number of hydrogen-bond acceptors (Lipinski definition) is 4. The molecule has 1 aromatic heterocycles. The number of likely N-dealkylation sites (tertiary alicyclic amines) is 1. The minimum absolute atomic E-state index is 0.107. The molecule has 6 nitrogen and oxygen atoms in total. The number of nitrogens with one attached hydrogen (secondary N) is 1. The molecule has 1 aliphatic heterocycles. The van der Waals surface area contributed by atoms with E-state index in [-0.39, 0.29) is 30.1 Å². The first-order valence-corrected chi connectivity index (χ1v) is 9.55. The number of aromatic nitrogens is 1. The lowest BCUT2D eigenvalue weighted by Crippen LogP contribution is -2.40. The van der Waals surface area contributed by atoms with E-state index in [0.29, 0.717) is 43.0 Å². The Kier molecular flexibility index (Phi) is 6.57. The molecule has 0 radical (unpaired) electrons. The fourth-order valence-corrected chi connectivity index (χ4v) is 3.48. The van der Waals surface area contributed by atoms with Crippen LogP contribution in [0.1, 0.15) is 41.7 Å². The summed E-state index contributed by atoms with van der Waals surface area (Å²) in [4.78, 5) is 30.6. The van der Waals surface area contributed by atoms with Crippen LogP contribution in [-0.4, -0.2) is 34.8 Å². The maximum absolute atomic E-state index is 13.6. The van der Waals surface area contributed by atoms with Gasteiger partial charge in [-0.15, -0.1) is 0 Å². The summed E-state index contributed by atoms with van der Waals surface area (Å²) in [5.74, 6) is 0.0357. The van der Waals surface area contributed by atoms with Gasteiger partial charge in [0.1, 0.15) is 17.3 Å². The van der Waals surface area contributed by atoms with Gasteiger partial charge in [-0.05, 0) is 43.4 Å². The van der Waals surface area contributed by atoms with E-state index in [1.165, 1.54) is 6.07 Å². The quantitative estimate of drug-likeness (QED) is 0.802. The largest absolute Gasteiger partial charge is 0.384 e. The third kappa shape index (κ3) is 5.28. The third-order valence-corrected chi connectivity index (χ3v) is 5.01. The van der Waals surface area contributed by atoms with Gasteiger partial charge in [-0.3, -0.25) is 9.59 Å². The van der Waals surface area contributed by atoms with Crippen molar-refractivity contribution in [2.24, 2.45) is 5.92 Å². The lowest BCUT2D eigenvalue weighted by atomic mass is 9.93. The first-order chi connectivity index (χ1) is 13.5. The van der Waals surface area contributed by atoms with E-state index in [1.54, 1.807) is 41.3 Å². The van der Waals surface area contributed by atoms with E-state index in [2.05, 4.69) is 10.3 Å². The molecular formula is C21H25FN4O2. The fourth-order valence-electron chi connectivity index (χ4n) is 3.48. The van der Waals surface area contributed by atoms with Crippen molar-refractivity contribution in [1.82, 2.24) is 15.2 Å². The van der Waals surface area contributed by atoms with Gasteiger partial charge < -0.3 is 16.0 Å². The number of rotatable bonds is 6. The Morgan fingerprint density at radius 3 is 2.82 bits per heavy atom. The fraction of sp³-hybridized carbons (Fsp3) is 0.381. The summed E-state index contributed by atoms with van der Waals surface area (Å²) < 4.78 is 13.6. The van der Waals surface area contributed by atoms with E-state index in [9.17, 15) is 14.0 Å². The molecule has 1 aromatic carbocycles. The molecule has 1 fully saturated rings. The van der Waals surface area contributed by atoms with E-state index in [1.807, 2.05) is 0 Å². The van der Waals surface area contributed by atoms with Crippen molar-refractivity contribution in [1.29, 1.82) is 0 Å². The lowest BCUT2D eigenvalue weighted by molar-refractivity contribution is -0.121. The van der Waals surface area contributed by atoms with Gasteiger partial charge in [0.25, 0.3) is 5.91 Å². The van der Waals surface area contributed by atoms with Crippen LogP contribution in [0.5, 0.6) is 0 Å². The Bertz CT molecular complexity index is 843. The number of nitrogen functional groups attached to an aromatic ring is 1. The van der Waals surface area contributed by atoms with Crippen molar-refractivity contribution in [3.05, 3.63) is 59.5 Å². The number of carbonyl (C=O) groups excluding carboxylic acids is 2. The van der Waals surface area contributed by atoms with Crippen LogP contribution in [0.4, 0.5) is 10.2 Å². The van der Waals surface area contributed by atoms with Crippen LogP contribution in [0.15, 0.2) is 42.5 Å². The maximum Gasteiger partial charge on any atom is 0.272 e. The van der Waals surface area contributed by atoms with Crippen molar-refractivity contribution in [2.75, 3.05) is 18.8 Å². The molecule has 1 aliphatic rings. The molecule has 7 heteroatoms. The molecule has 0 spiro atoms. The normalized spacial score (nSPS) is 16.6. The smallest absolute Gasteiger partial charge is 0.272 e. The zero-order chi connectivity index (χ0) is 19.9. The number of piperidine rings is 1. The number of hydrogen-bond donors (Lipinski definition) is 2. The van der Waals surface area contributed by atoms with Crippen LogP contribution < -0.4 is 11.1 Å². The Labute approximate surface area is 163 Å². The highest BCUT2D eigenvalue weighted by atomic mass is 19.1. The number of pyridine rings is 1. The van der Waals surface area contributed by atoms with Gasteiger partial charge in [-0.1, -0.05) is 24.3 Å². The molecule has 0 saturated carbocycles. The molecule has 3 rings (SSSR count). The molecule has 148 valence electrons. The van der Waals surface area contributed by atoms with Crippen molar-refractivity contribution >= 4 is 17.6 Å². The second kappa shape index (κ2) is 9.30. The SMILES string of the molecule is Nc1cccc(C(=O)N2CCC[C@@H](CCC(=O)NCc3ccccc3F)C2)n1. The van der Waals surface area contributed by atoms with Crippen LogP contribution in [-0.2, 0) is 11.3 Å². The number of anilines is 1. The molecule has 2 amide bonds. The second-order valence-electron chi connectivity index (χ2n) is 7.11. The Balaban J connectivity index is 1.46. The first-order valence-electron chi connectivity index (χ1n) is 9.55. The summed E-state index contributed by atoms with van der Waals surface area (Å²) in [7, 11) is 0. The van der Waals surface area contributed by atoms with E-state index in [4.69, 9.17) is 5.73 Å². The summed E-state index contributed by atoms with van der Waals surface area (Å²) in [5.41, 5.74) is 6.49. The van der Waals surface area contributed by atoms with Gasteiger partial charge in [-0.25, -0.2) is 9.37 Å². The monoisotopic (exact) mass is 384 g/mol. The average Bonchev–Trinajstić information content (AvgIpc) is 2.71. The summed E-state index contributed by atoms with van der Waals surface area (Å²) in [6, 6.07) is 11.4. The van der Waals surface area contributed by atoms with Crippen LogP contribution in [0.25, 0.3) is 0 Å². The first kappa shape index (κ1) is 19.8. The van der Waals surface area contributed by atoms with E-state index >= 15 is 0 Å². The van der Waals surface area contributed by atoms with Crippen LogP contribution in [0.2, 0.25) is 0 Å². The van der Waals surface area contributed by atoms with Crippen molar-refractivity contribution < 1.29 is 14.0 Å². The predicted molar refractivity (Wildman–Crippen MR) is 105 cm³/mol. The number of halogens is 1. The maximum atomic E-state index is 13.6. The Morgan fingerprint density at radius 1 is 1.21 bits per heavy atom. The van der Waals surface area contributed by atoms with Gasteiger partial charge in [0.15, 0.2) is 0 Å². The van der Waals surface area contributed by atoms with Gasteiger partial charge in [0.2, 0.25) is 5.91 Å². The summed E-state index contributed by atoms with van der Waals surface area (Å²) in [6.07, 6.45) is 2.93. The Morgan fingerprint density at radius 2 is 2.04 bits per heavy atom. The number of nitrogens with zero attached hydrogens (tertiary/aromatic N) is 2. The Hall–Kier alpha value is -2.96. The van der Waals surface area contributed by atoms with Crippen LogP contribution >= 0.6 is 0 Å². The second-order valence-corrected chi connectivity index (χ2v) is 7.11. The highest BCUT2D eigenvalue weighted by molar-refractivity contribution is 5.92. The molecule has 28 heavy (non-hydrogen) atoms. The van der Waals surface area contributed by atoms with Crippen LogP contribution in [0, 0.1) is 11.7 Å². The lowest BCUT2D eigenvalue weighted by Gasteiger charge is -2.32. The number of carbonyl (C=O) groups is 2. The molecule has 2 heterocycles. The molecule has 3 N–H and O–H groups in total. The summed E-state index contributed by atoms with van der Waals surface area (Å²) in [6.45, 7) is 1.48. The van der Waals surface area contributed by atoms with Crippen LogP contribution in [0.3, 0.4) is 0 Å². The predicted octanol–water partition coefficient (Wildman–Crippen LogP) is 2.75. The third-order valence-electron chi connectivity index (χ3n) is 5.01. The molecule has 0 aliphatic carbocycles. The molecule has 1 atom stereocenters.